The quantitative estimate of drug-likeness (QED) is 0.777. The molecule has 2 amide bonds. The highest BCUT2D eigenvalue weighted by Crippen LogP contribution is 2.09. The summed E-state index contributed by atoms with van der Waals surface area (Å²) in [6, 6.07) is 10.2. The van der Waals surface area contributed by atoms with Gasteiger partial charge in [-0.1, -0.05) is 19.1 Å². The van der Waals surface area contributed by atoms with E-state index in [1.165, 1.54) is 23.9 Å². The first-order valence-electron chi connectivity index (χ1n) is 6.94. The number of carbonyl (C=O) groups is 2. The summed E-state index contributed by atoms with van der Waals surface area (Å²) in [5.74, 6) is -0.741. The Labute approximate surface area is 127 Å². The zero-order valence-corrected chi connectivity index (χ0v) is 12.2. The molecule has 2 aromatic rings. The molecule has 1 heterocycles. The number of nitrogens with one attached hydrogen (secondary N) is 3. The van der Waals surface area contributed by atoms with Crippen LogP contribution in [0.1, 0.15) is 22.8 Å². The molecule has 6 nitrogen and oxygen atoms in total. The number of aromatic nitrogens is 1. The maximum atomic E-state index is 11.8. The molecule has 0 aliphatic heterocycles. The molecule has 2 rings (SSSR count). The highest BCUT2D eigenvalue weighted by molar-refractivity contribution is 5.99. The van der Waals surface area contributed by atoms with E-state index in [0.29, 0.717) is 11.3 Å². The first-order chi connectivity index (χ1) is 10.6. The third kappa shape index (κ3) is 4.31. The molecule has 0 aliphatic carbocycles. The van der Waals surface area contributed by atoms with E-state index < -0.39 is 5.91 Å². The molecule has 0 atom stereocenters. The molecule has 0 unspecified atom stereocenters. The molecule has 22 heavy (non-hydrogen) atoms. The van der Waals surface area contributed by atoms with Crippen molar-refractivity contribution in [3.63, 3.8) is 0 Å². The number of aryl methyl sites for hydroxylation is 1. The molecule has 114 valence electrons. The molecule has 0 saturated carbocycles. The second-order valence-electron chi connectivity index (χ2n) is 4.72. The lowest BCUT2D eigenvalue weighted by molar-refractivity contribution is -0.115. The van der Waals surface area contributed by atoms with Crippen molar-refractivity contribution in [3.8, 4) is 0 Å². The van der Waals surface area contributed by atoms with Gasteiger partial charge < -0.3 is 15.6 Å². The third-order valence-corrected chi connectivity index (χ3v) is 3.10. The van der Waals surface area contributed by atoms with Crippen molar-refractivity contribution in [2.75, 3.05) is 11.9 Å². The van der Waals surface area contributed by atoms with Crippen LogP contribution in [0.15, 0.2) is 47.4 Å². The van der Waals surface area contributed by atoms with E-state index in [-0.39, 0.29) is 18.0 Å². The lowest BCUT2D eigenvalue weighted by Gasteiger charge is -2.07. The van der Waals surface area contributed by atoms with Gasteiger partial charge in [0, 0.05) is 18.0 Å². The van der Waals surface area contributed by atoms with Gasteiger partial charge in [0.25, 0.3) is 5.91 Å². The van der Waals surface area contributed by atoms with E-state index in [2.05, 4.69) is 22.5 Å². The van der Waals surface area contributed by atoms with E-state index >= 15 is 0 Å². The number of hydrogen-bond acceptors (Lipinski definition) is 3. The molecule has 1 aromatic carbocycles. The number of anilines is 1. The summed E-state index contributed by atoms with van der Waals surface area (Å²) in [6.45, 7) is 1.91. The smallest absolute Gasteiger partial charge is 0.253 e. The first-order valence-corrected chi connectivity index (χ1v) is 6.94. The van der Waals surface area contributed by atoms with Crippen molar-refractivity contribution >= 4 is 17.5 Å². The number of pyridine rings is 1. The number of H-pyrrole nitrogens is 1. The zero-order chi connectivity index (χ0) is 15.9. The molecular weight excluding hydrogens is 282 g/mol. The van der Waals surface area contributed by atoms with E-state index in [0.717, 1.165) is 6.42 Å². The van der Waals surface area contributed by atoms with Gasteiger partial charge in [-0.25, -0.2) is 0 Å². The number of hydrogen-bond donors (Lipinski definition) is 3. The van der Waals surface area contributed by atoms with Crippen LogP contribution in [0.2, 0.25) is 0 Å². The minimum atomic E-state index is -0.423. The van der Waals surface area contributed by atoms with Gasteiger partial charge in [0.15, 0.2) is 0 Å². The van der Waals surface area contributed by atoms with Crippen molar-refractivity contribution in [1.29, 1.82) is 0 Å². The third-order valence-electron chi connectivity index (χ3n) is 3.10. The molecule has 0 bridgehead atoms. The number of benzene rings is 1. The van der Waals surface area contributed by atoms with Crippen LogP contribution >= 0.6 is 0 Å². The summed E-state index contributed by atoms with van der Waals surface area (Å²) in [5.41, 5.74) is 1.87. The molecule has 0 aliphatic rings. The predicted octanol–water partition coefficient (Wildman–Crippen LogP) is 1.31. The Kier molecular flexibility index (Phi) is 5.08. The summed E-state index contributed by atoms with van der Waals surface area (Å²) in [4.78, 5) is 36.9. The lowest BCUT2D eigenvalue weighted by Crippen LogP contribution is -2.33. The Bertz CT molecular complexity index is 700. The average Bonchev–Trinajstić information content (AvgIpc) is 2.54. The van der Waals surface area contributed by atoms with Gasteiger partial charge in [0.1, 0.15) is 0 Å². The molecule has 0 saturated heterocycles. The van der Waals surface area contributed by atoms with Gasteiger partial charge >= 0.3 is 0 Å². The normalized spacial score (nSPS) is 10.0. The molecule has 3 N–H and O–H groups in total. The number of rotatable bonds is 5. The van der Waals surface area contributed by atoms with Gasteiger partial charge in [-0.2, -0.15) is 0 Å². The molecule has 0 fully saturated rings. The Morgan fingerprint density at radius 3 is 2.41 bits per heavy atom. The van der Waals surface area contributed by atoms with Crippen molar-refractivity contribution in [1.82, 2.24) is 10.3 Å². The van der Waals surface area contributed by atoms with Crippen LogP contribution in [0, 0.1) is 0 Å². The molecular formula is C16H17N3O3. The average molecular weight is 299 g/mol. The topological polar surface area (TPSA) is 91.1 Å². The molecule has 0 spiro atoms. The van der Waals surface area contributed by atoms with Crippen LogP contribution in [0.3, 0.4) is 0 Å². The van der Waals surface area contributed by atoms with Gasteiger partial charge in [-0.15, -0.1) is 0 Å². The molecule has 0 radical (unpaired) electrons. The lowest BCUT2D eigenvalue weighted by atomic mass is 10.1. The minimum Gasteiger partial charge on any atom is -0.343 e. The van der Waals surface area contributed by atoms with Crippen LogP contribution in [0.25, 0.3) is 0 Å². The highest BCUT2D eigenvalue weighted by atomic mass is 16.2. The van der Waals surface area contributed by atoms with Crippen molar-refractivity contribution in [2.24, 2.45) is 0 Å². The monoisotopic (exact) mass is 299 g/mol. The number of aromatic amines is 1. The highest BCUT2D eigenvalue weighted by Gasteiger charge is 2.08. The number of carbonyl (C=O) groups excluding carboxylic acids is 2. The Balaban J connectivity index is 1.85. The van der Waals surface area contributed by atoms with Crippen molar-refractivity contribution in [3.05, 3.63) is 64.1 Å². The fraction of sp³-hybridized carbons (Fsp3) is 0.188. The summed E-state index contributed by atoms with van der Waals surface area (Å²) >= 11 is 0. The van der Waals surface area contributed by atoms with E-state index in [1.807, 2.05) is 24.3 Å². The summed E-state index contributed by atoms with van der Waals surface area (Å²) in [7, 11) is 0. The maximum Gasteiger partial charge on any atom is 0.253 e. The minimum absolute atomic E-state index is 0.145. The van der Waals surface area contributed by atoms with Crippen LogP contribution in [0.4, 0.5) is 5.69 Å². The maximum absolute atomic E-state index is 11.8. The van der Waals surface area contributed by atoms with Crippen molar-refractivity contribution in [2.45, 2.75) is 13.3 Å². The van der Waals surface area contributed by atoms with Crippen LogP contribution in [-0.2, 0) is 11.2 Å². The van der Waals surface area contributed by atoms with Crippen LogP contribution in [-0.4, -0.2) is 23.3 Å². The largest absolute Gasteiger partial charge is 0.343 e. The van der Waals surface area contributed by atoms with Crippen LogP contribution < -0.4 is 16.2 Å². The van der Waals surface area contributed by atoms with Gasteiger partial charge in [-0.05, 0) is 30.2 Å². The second kappa shape index (κ2) is 7.21. The first kappa shape index (κ1) is 15.5. The Morgan fingerprint density at radius 2 is 1.82 bits per heavy atom. The summed E-state index contributed by atoms with van der Waals surface area (Å²) in [6.07, 6.45) is 2.24. The molecule has 6 heteroatoms. The van der Waals surface area contributed by atoms with E-state index in [9.17, 15) is 14.4 Å². The fourth-order valence-electron chi connectivity index (χ4n) is 1.84. The van der Waals surface area contributed by atoms with Gasteiger partial charge in [0.05, 0.1) is 12.1 Å². The standard InChI is InChI=1S/C16H17N3O3/c1-2-11-3-6-13(7-4-11)19-15(21)10-18-16(22)12-5-8-14(20)17-9-12/h3-9H,2,10H2,1H3,(H,17,20)(H,18,22)(H,19,21). The summed E-state index contributed by atoms with van der Waals surface area (Å²) in [5, 5.41) is 5.19. The molecule has 1 aromatic heterocycles. The van der Waals surface area contributed by atoms with E-state index in [1.54, 1.807) is 0 Å². The van der Waals surface area contributed by atoms with Gasteiger partial charge in [0.2, 0.25) is 11.5 Å². The van der Waals surface area contributed by atoms with Gasteiger partial charge in [-0.3, -0.25) is 14.4 Å². The van der Waals surface area contributed by atoms with Crippen molar-refractivity contribution < 1.29 is 9.59 Å². The predicted molar refractivity (Wildman–Crippen MR) is 83.8 cm³/mol. The van der Waals surface area contributed by atoms with E-state index in [4.69, 9.17) is 0 Å². The Hall–Kier alpha value is -2.89. The van der Waals surface area contributed by atoms with Crippen LogP contribution in [0.5, 0.6) is 0 Å². The zero-order valence-electron chi connectivity index (χ0n) is 12.2. The number of amides is 2. The Morgan fingerprint density at radius 1 is 1.09 bits per heavy atom. The summed E-state index contributed by atoms with van der Waals surface area (Å²) < 4.78 is 0. The second-order valence-corrected chi connectivity index (χ2v) is 4.72. The SMILES string of the molecule is CCc1ccc(NC(=O)CNC(=O)c2ccc(=O)[nH]c2)cc1. The fourth-order valence-corrected chi connectivity index (χ4v) is 1.84.